The third-order valence-electron chi connectivity index (χ3n) is 5.83. The van der Waals surface area contributed by atoms with Crippen LogP contribution >= 0.6 is 0 Å². The van der Waals surface area contributed by atoms with Crippen LogP contribution in [0.1, 0.15) is 24.5 Å². The summed E-state index contributed by atoms with van der Waals surface area (Å²) in [6.07, 6.45) is 1.50. The van der Waals surface area contributed by atoms with Crippen molar-refractivity contribution in [3.63, 3.8) is 0 Å². The van der Waals surface area contributed by atoms with Crippen LogP contribution in [0.25, 0.3) is 21.3 Å². The number of hydrogen-bond acceptors (Lipinski definition) is 5. The first-order chi connectivity index (χ1) is 17.5. The van der Waals surface area contributed by atoms with Crippen molar-refractivity contribution in [1.29, 1.82) is 0 Å². The Bertz CT molecular complexity index is 1640. The van der Waals surface area contributed by atoms with E-state index >= 15 is 0 Å². The summed E-state index contributed by atoms with van der Waals surface area (Å²) in [6, 6.07) is 26.1. The summed E-state index contributed by atoms with van der Waals surface area (Å²) in [5.41, 5.74) is 1.58. The molecule has 2 heterocycles. The second kappa shape index (κ2) is 9.72. The molecule has 0 amide bonds. The van der Waals surface area contributed by atoms with Crippen LogP contribution in [0.2, 0.25) is 0 Å². The van der Waals surface area contributed by atoms with Crippen LogP contribution in [-0.4, -0.2) is 14.5 Å². The first-order valence-corrected chi connectivity index (χ1v) is 11.5. The number of hydrogen-bond donors (Lipinski definition) is 1. The van der Waals surface area contributed by atoms with Crippen LogP contribution in [0.5, 0.6) is 11.5 Å². The molecule has 7 heteroatoms. The van der Waals surface area contributed by atoms with Gasteiger partial charge in [0.1, 0.15) is 23.1 Å². The molecule has 0 fully saturated rings. The molecule has 5 aromatic rings. The lowest BCUT2D eigenvalue weighted by atomic mass is 10.1. The van der Waals surface area contributed by atoms with Gasteiger partial charge in [0.25, 0.3) is 5.56 Å². The molecule has 0 aliphatic heterocycles. The van der Waals surface area contributed by atoms with Crippen LogP contribution in [0.3, 0.4) is 0 Å². The lowest BCUT2D eigenvalue weighted by Gasteiger charge is -2.22. The third-order valence-corrected chi connectivity index (χ3v) is 5.83. The molecule has 1 N–H and O–H groups in total. The van der Waals surface area contributed by atoms with E-state index in [0.717, 1.165) is 16.8 Å². The molecule has 0 bridgehead atoms. The molecule has 3 aromatic carbocycles. The van der Waals surface area contributed by atoms with Gasteiger partial charge in [0.05, 0.1) is 18.0 Å². The molecule has 0 unspecified atom stereocenters. The zero-order chi connectivity index (χ0) is 25.1. The molecule has 176 valence electrons. The maximum absolute atomic E-state index is 14.1. The molecule has 2 aromatic heterocycles. The highest BCUT2D eigenvalue weighted by Gasteiger charge is 2.20. The molecule has 0 saturated carbocycles. The number of nitrogens with zero attached hydrogens (tertiary/aromatic N) is 4. The highest BCUT2D eigenvalue weighted by molar-refractivity contribution is 5.88. The number of para-hydroxylation sites is 2. The normalized spacial score (nSPS) is 11.6. The monoisotopic (exact) mass is 473 g/mol. The summed E-state index contributed by atoms with van der Waals surface area (Å²) in [6.45, 7) is 11.2. The number of ether oxygens (including phenoxy) is 1. The molecule has 5 rings (SSSR count). The van der Waals surface area contributed by atoms with E-state index in [1.54, 1.807) is 17.6 Å². The quantitative estimate of drug-likeness (QED) is 0.281. The van der Waals surface area contributed by atoms with E-state index in [9.17, 15) is 4.79 Å². The van der Waals surface area contributed by atoms with Gasteiger partial charge in [-0.1, -0.05) is 48.5 Å². The number of benzene rings is 3. The first kappa shape index (κ1) is 22.8. The maximum atomic E-state index is 14.1. The number of pyridine rings is 1. The zero-order valence-corrected chi connectivity index (χ0v) is 19.8. The summed E-state index contributed by atoms with van der Waals surface area (Å²) in [5, 5.41) is 4.56. The van der Waals surface area contributed by atoms with Gasteiger partial charge in [-0.15, -0.1) is 0 Å². The molecule has 0 saturated heterocycles. The number of aryl methyl sites for hydroxylation is 1. The molecular weight excluding hydrogens is 450 g/mol. The average Bonchev–Trinajstić information content (AvgIpc) is 2.90. The topological polar surface area (TPSA) is 73.4 Å². The van der Waals surface area contributed by atoms with Gasteiger partial charge >= 0.3 is 0 Å². The van der Waals surface area contributed by atoms with Gasteiger partial charge < -0.3 is 10.1 Å². The maximum Gasteiger partial charge on any atom is 0.267 e. The predicted molar refractivity (Wildman–Crippen MR) is 141 cm³/mol. The van der Waals surface area contributed by atoms with Crippen molar-refractivity contribution in [1.82, 2.24) is 14.5 Å². The zero-order valence-electron chi connectivity index (χ0n) is 19.8. The van der Waals surface area contributed by atoms with Gasteiger partial charge in [-0.05, 0) is 55.6 Å². The second-order valence-corrected chi connectivity index (χ2v) is 8.31. The molecule has 0 radical (unpaired) electrons. The summed E-state index contributed by atoms with van der Waals surface area (Å²) in [5.74, 6) is 2.12. The lowest BCUT2D eigenvalue weighted by Crippen LogP contribution is -2.26. The highest BCUT2D eigenvalue weighted by atomic mass is 16.5. The summed E-state index contributed by atoms with van der Waals surface area (Å²) in [7, 11) is 0. The van der Waals surface area contributed by atoms with Crippen LogP contribution in [0.15, 0.2) is 95.9 Å². The Hall–Kier alpha value is -4.96. The van der Waals surface area contributed by atoms with Crippen molar-refractivity contribution in [2.45, 2.75) is 19.9 Å². The van der Waals surface area contributed by atoms with E-state index in [1.165, 1.54) is 6.20 Å². The third kappa shape index (κ3) is 4.40. The number of fused-ring (bicyclic) bond motifs is 1. The van der Waals surface area contributed by atoms with Crippen LogP contribution < -0.4 is 15.6 Å². The smallest absolute Gasteiger partial charge is 0.267 e. The van der Waals surface area contributed by atoms with Crippen molar-refractivity contribution >= 4 is 22.3 Å². The minimum absolute atomic E-state index is 0.196. The minimum Gasteiger partial charge on any atom is -0.457 e. The van der Waals surface area contributed by atoms with Crippen LogP contribution in [0.4, 0.5) is 11.5 Å². The van der Waals surface area contributed by atoms with E-state index in [0.29, 0.717) is 34.2 Å². The van der Waals surface area contributed by atoms with Crippen molar-refractivity contribution in [3.8, 4) is 17.2 Å². The first-order valence-electron chi connectivity index (χ1n) is 11.5. The number of aromatic nitrogens is 3. The van der Waals surface area contributed by atoms with Gasteiger partial charge in [0.2, 0.25) is 5.69 Å². The van der Waals surface area contributed by atoms with Crippen molar-refractivity contribution < 1.29 is 4.74 Å². The van der Waals surface area contributed by atoms with E-state index < -0.39 is 0 Å². The molecule has 0 aliphatic rings. The molecular formula is C29H23N5O2. The Kier molecular flexibility index (Phi) is 6.16. The van der Waals surface area contributed by atoms with Gasteiger partial charge in [0, 0.05) is 17.6 Å². The second-order valence-electron chi connectivity index (χ2n) is 8.31. The Morgan fingerprint density at radius 3 is 2.44 bits per heavy atom. The van der Waals surface area contributed by atoms with Gasteiger partial charge in [-0.25, -0.2) is 9.83 Å². The fourth-order valence-electron chi connectivity index (χ4n) is 4.14. The highest BCUT2D eigenvalue weighted by Crippen LogP contribution is 2.32. The van der Waals surface area contributed by atoms with Crippen molar-refractivity contribution in [3.05, 3.63) is 124 Å². The number of rotatable bonds is 6. The predicted octanol–water partition coefficient (Wildman–Crippen LogP) is 6.61. The fraction of sp³-hybridized carbons (Fsp3) is 0.103. The minimum atomic E-state index is -0.351. The molecule has 0 aliphatic carbocycles. The summed E-state index contributed by atoms with van der Waals surface area (Å²) in [4.78, 5) is 26.1. The van der Waals surface area contributed by atoms with E-state index in [-0.39, 0.29) is 11.6 Å². The average molecular weight is 474 g/mol. The molecule has 7 nitrogen and oxygen atoms in total. The van der Waals surface area contributed by atoms with Gasteiger partial charge in [0.15, 0.2) is 0 Å². The Morgan fingerprint density at radius 1 is 1.00 bits per heavy atom. The van der Waals surface area contributed by atoms with Gasteiger partial charge in [-0.3, -0.25) is 14.3 Å². The van der Waals surface area contributed by atoms with E-state index in [1.807, 2.05) is 85.8 Å². The van der Waals surface area contributed by atoms with Crippen LogP contribution in [-0.2, 0) is 0 Å². The summed E-state index contributed by atoms with van der Waals surface area (Å²) < 4.78 is 7.81. The van der Waals surface area contributed by atoms with E-state index in [4.69, 9.17) is 11.3 Å². The van der Waals surface area contributed by atoms with E-state index in [2.05, 4.69) is 20.1 Å². The Balaban J connectivity index is 1.69. The lowest BCUT2D eigenvalue weighted by molar-refractivity contribution is 0.487. The summed E-state index contributed by atoms with van der Waals surface area (Å²) >= 11 is 0. The number of nitrogens with one attached hydrogen (secondary N) is 1. The fourth-order valence-corrected chi connectivity index (χ4v) is 4.14. The largest absolute Gasteiger partial charge is 0.457 e. The SMILES string of the molecule is [C-]#[N+]c1cnc(C)nc1N[C@@H](C)c1cc2cccc(Oc3ccccc3)c2c(=O)n1-c1ccccc1. The standard InChI is InChI=1S/C29H23N5O2/c1-19(32-28-24(30-3)18-31-20(2)33-28)25-17-21-11-10-16-26(36-23-14-8-5-9-15-23)27(21)29(35)34(25)22-12-6-4-7-13-22/h4-19H,1-2H3,(H,31,32,33)/t19-/m0/s1. The molecule has 36 heavy (non-hydrogen) atoms. The van der Waals surface area contributed by atoms with Crippen molar-refractivity contribution in [2.75, 3.05) is 5.32 Å². The Morgan fingerprint density at radius 2 is 1.72 bits per heavy atom. The molecule has 0 spiro atoms. The Labute approximate surface area is 208 Å². The van der Waals surface area contributed by atoms with Crippen molar-refractivity contribution in [2.24, 2.45) is 0 Å². The molecule has 1 atom stereocenters. The number of anilines is 1. The van der Waals surface area contributed by atoms with Crippen LogP contribution in [0, 0.1) is 13.5 Å². The van der Waals surface area contributed by atoms with Gasteiger partial charge in [-0.2, -0.15) is 0 Å².